The molecular weight excluding hydrogens is 382 g/mol. The van der Waals surface area contributed by atoms with E-state index in [0.29, 0.717) is 18.8 Å². The number of fused-ring (bicyclic) bond motifs is 1. The molecule has 1 aliphatic heterocycles. The van der Waals surface area contributed by atoms with E-state index in [4.69, 9.17) is 4.98 Å². The van der Waals surface area contributed by atoms with Crippen LogP contribution in [0.5, 0.6) is 0 Å². The number of amides is 1. The van der Waals surface area contributed by atoms with Gasteiger partial charge in [-0.3, -0.25) is 9.48 Å². The van der Waals surface area contributed by atoms with Gasteiger partial charge in [-0.15, -0.1) is 0 Å². The minimum atomic E-state index is 0.0371. The molecule has 1 aromatic carbocycles. The summed E-state index contributed by atoms with van der Waals surface area (Å²) in [5.41, 5.74) is 1.60. The molecule has 1 fully saturated rings. The normalized spacial score (nSPS) is 15.0. The third-order valence-corrected chi connectivity index (χ3v) is 5.06. The fourth-order valence-electron chi connectivity index (χ4n) is 3.14. The van der Waals surface area contributed by atoms with E-state index in [1.54, 1.807) is 24.0 Å². The summed E-state index contributed by atoms with van der Waals surface area (Å²) in [6.45, 7) is 2.91. The Hall–Kier alpha value is -2.41. The van der Waals surface area contributed by atoms with Crippen molar-refractivity contribution in [1.82, 2.24) is 19.7 Å². The number of nitrogens with zero attached hydrogens (tertiary/aromatic N) is 5. The van der Waals surface area contributed by atoms with Crippen LogP contribution in [0, 0.1) is 0 Å². The maximum absolute atomic E-state index is 12.6. The fraction of sp³-hybridized carbons (Fsp3) is 0.278. The van der Waals surface area contributed by atoms with E-state index in [-0.39, 0.29) is 5.91 Å². The lowest BCUT2D eigenvalue weighted by atomic mass is 10.2. The van der Waals surface area contributed by atoms with Crippen LogP contribution in [0.25, 0.3) is 10.9 Å². The van der Waals surface area contributed by atoms with Gasteiger partial charge in [-0.2, -0.15) is 5.10 Å². The van der Waals surface area contributed by atoms with Gasteiger partial charge >= 0.3 is 0 Å². The first kappa shape index (κ1) is 16.1. The number of piperazine rings is 1. The van der Waals surface area contributed by atoms with Crippen LogP contribution in [0.4, 0.5) is 5.82 Å². The lowest BCUT2D eigenvalue weighted by Crippen LogP contribution is -2.49. The molecule has 1 saturated heterocycles. The molecule has 7 heteroatoms. The van der Waals surface area contributed by atoms with Crippen LogP contribution in [0.3, 0.4) is 0 Å². The molecule has 0 bridgehead atoms. The van der Waals surface area contributed by atoms with Crippen LogP contribution in [-0.2, 0) is 7.05 Å². The predicted octanol–water partition coefficient (Wildman–Crippen LogP) is 2.69. The van der Waals surface area contributed by atoms with Crippen molar-refractivity contribution in [1.29, 1.82) is 0 Å². The van der Waals surface area contributed by atoms with Crippen LogP contribution in [-0.4, -0.2) is 51.8 Å². The van der Waals surface area contributed by atoms with Gasteiger partial charge in [-0.05, 0) is 30.3 Å². The summed E-state index contributed by atoms with van der Waals surface area (Å²) < 4.78 is 2.65. The zero-order chi connectivity index (χ0) is 17.4. The standard InChI is InChI=1S/C18H18BrN5O/c1-22-16(6-7-20-22)18(25)24-10-8-23(9-11-24)17-5-3-13-2-4-14(19)12-15(13)21-17/h2-7,12H,8-11H2,1H3. The van der Waals surface area contributed by atoms with E-state index < -0.39 is 0 Å². The maximum atomic E-state index is 12.6. The number of benzene rings is 1. The van der Waals surface area contributed by atoms with Gasteiger partial charge in [0.25, 0.3) is 5.91 Å². The Morgan fingerprint density at radius 1 is 1.08 bits per heavy atom. The van der Waals surface area contributed by atoms with Gasteiger partial charge in [0.05, 0.1) is 5.52 Å². The van der Waals surface area contributed by atoms with E-state index in [0.717, 1.165) is 34.3 Å². The molecule has 0 spiro atoms. The highest BCUT2D eigenvalue weighted by atomic mass is 79.9. The van der Waals surface area contributed by atoms with Crippen molar-refractivity contribution in [2.45, 2.75) is 0 Å². The summed E-state index contributed by atoms with van der Waals surface area (Å²) in [6.07, 6.45) is 1.65. The second-order valence-electron chi connectivity index (χ2n) is 6.13. The Labute approximate surface area is 154 Å². The van der Waals surface area contributed by atoms with Gasteiger partial charge in [0.15, 0.2) is 0 Å². The molecule has 1 amide bonds. The molecule has 0 unspecified atom stereocenters. The Morgan fingerprint density at radius 2 is 1.84 bits per heavy atom. The molecule has 4 rings (SSSR count). The predicted molar refractivity (Wildman–Crippen MR) is 101 cm³/mol. The highest BCUT2D eigenvalue weighted by Crippen LogP contribution is 2.22. The zero-order valence-electron chi connectivity index (χ0n) is 13.9. The zero-order valence-corrected chi connectivity index (χ0v) is 15.5. The monoisotopic (exact) mass is 399 g/mol. The third kappa shape index (κ3) is 3.11. The average molecular weight is 400 g/mol. The number of carbonyl (C=O) groups is 1. The van der Waals surface area contributed by atoms with Crippen LogP contribution in [0.15, 0.2) is 47.1 Å². The Bertz CT molecular complexity index is 930. The molecule has 0 saturated carbocycles. The van der Waals surface area contributed by atoms with E-state index in [1.165, 1.54) is 0 Å². The van der Waals surface area contributed by atoms with Gasteiger partial charge in [0.2, 0.25) is 0 Å². The number of hydrogen-bond acceptors (Lipinski definition) is 4. The SMILES string of the molecule is Cn1nccc1C(=O)N1CCN(c2ccc3ccc(Br)cc3n2)CC1. The Morgan fingerprint density at radius 3 is 2.56 bits per heavy atom. The molecule has 3 heterocycles. The maximum Gasteiger partial charge on any atom is 0.272 e. The number of aromatic nitrogens is 3. The molecule has 3 aromatic rings. The van der Waals surface area contributed by atoms with Gasteiger partial charge < -0.3 is 9.80 Å². The molecule has 128 valence electrons. The van der Waals surface area contributed by atoms with E-state index in [1.807, 2.05) is 17.0 Å². The minimum absolute atomic E-state index is 0.0371. The molecule has 0 radical (unpaired) electrons. The van der Waals surface area contributed by atoms with Crippen molar-refractivity contribution >= 4 is 38.6 Å². The van der Waals surface area contributed by atoms with Crippen LogP contribution in [0.1, 0.15) is 10.5 Å². The van der Waals surface area contributed by atoms with E-state index in [9.17, 15) is 4.79 Å². The minimum Gasteiger partial charge on any atom is -0.353 e. The molecule has 0 aliphatic carbocycles. The number of aryl methyl sites for hydroxylation is 1. The fourth-order valence-corrected chi connectivity index (χ4v) is 3.49. The Kier molecular flexibility index (Phi) is 4.17. The number of halogens is 1. The molecule has 2 aromatic heterocycles. The first-order chi connectivity index (χ1) is 12.1. The molecule has 1 aliphatic rings. The van der Waals surface area contributed by atoms with E-state index >= 15 is 0 Å². The summed E-state index contributed by atoms with van der Waals surface area (Å²) in [5.74, 6) is 0.994. The van der Waals surface area contributed by atoms with Crippen molar-refractivity contribution in [2.24, 2.45) is 7.05 Å². The molecule has 6 nitrogen and oxygen atoms in total. The Balaban J connectivity index is 1.48. The summed E-state index contributed by atoms with van der Waals surface area (Å²) in [5, 5.41) is 5.20. The van der Waals surface area contributed by atoms with Crippen molar-refractivity contribution in [3.63, 3.8) is 0 Å². The first-order valence-electron chi connectivity index (χ1n) is 8.20. The van der Waals surface area contributed by atoms with Crippen molar-refractivity contribution in [3.05, 3.63) is 52.8 Å². The largest absolute Gasteiger partial charge is 0.353 e. The molecule has 0 N–H and O–H groups in total. The quantitative estimate of drug-likeness (QED) is 0.664. The second kappa shape index (κ2) is 6.48. The van der Waals surface area contributed by atoms with Gasteiger partial charge in [0, 0.05) is 49.3 Å². The lowest BCUT2D eigenvalue weighted by molar-refractivity contribution is 0.0735. The summed E-state index contributed by atoms with van der Waals surface area (Å²) in [4.78, 5) is 21.4. The van der Waals surface area contributed by atoms with Crippen molar-refractivity contribution in [2.75, 3.05) is 31.1 Å². The average Bonchev–Trinajstić information content (AvgIpc) is 3.06. The molecule has 0 atom stereocenters. The summed E-state index contributed by atoms with van der Waals surface area (Å²) >= 11 is 3.50. The number of hydrogen-bond donors (Lipinski definition) is 0. The van der Waals surface area contributed by atoms with Gasteiger partial charge in [-0.25, -0.2) is 4.98 Å². The van der Waals surface area contributed by atoms with Gasteiger partial charge in [-0.1, -0.05) is 22.0 Å². The summed E-state index contributed by atoms with van der Waals surface area (Å²) in [7, 11) is 1.79. The second-order valence-corrected chi connectivity index (χ2v) is 7.04. The highest BCUT2D eigenvalue weighted by molar-refractivity contribution is 9.10. The van der Waals surface area contributed by atoms with Crippen molar-refractivity contribution in [3.8, 4) is 0 Å². The smallest absolute Gasteiger partial charge is 0.272 e. The third-order valence-electron chi connectivity index (χ3n) is 4.57. The molecule has 25 heavy (non-hydrogen) atoms. The molecular formula is C18H18BrN5O. The number of pyridine rings is 1. The number of anilines is 1. The summed E-state index contributed by atoms with van der Waals surface area (Å²) in [6, 6.07) is 12.0. The van der Waals surface area contributed by atoms with Crippen molar-refractivity contribution < 1.29 is 4.79 Å². The van der Waals surface area contributed by atoms with Crippen LogP contribution in [0.2, 0.25) is 0 Å². The van der Waals surface area contributed by atoms with Gasteiger partial charge in [0.1, 0.15) is 11.5 Å². The number of carbonyl (C=O) groups excluding carboxylic acids is 1. The lowest BCUT2D eigenvalue weighted by Gasteiger charge is -2.35. The number of rotatable bonds is 2. The first-order valence-corrected chi connectivity index (χ1v) is 9.00. The van der Waals surface area contributed by atoms with Crippen LogP contribution >= 0.6 is 15.9 Å². The van der Waals surface area contributed by atoms with Crippen LogP contribution < -0.4 is 4.90 Å². The highest BCUT2D eigenvalue weighted by Gasteiger charge is 2.24. The van der Waals surface area contributed by atoms with E-state index in [2.05, 4.69) is 44.1 Å². The topological polar surface area (TPSA) is 54.3 Å².